The van der Waals surface area contributed by atoms with Crippen LogP contribution in [0, 0.1) is 0 Å². The number of alkyl halides is 3. The Bertz CT molecular complexity index is 633. The van der Waals surface area contributed by atoms with E-state index >= 15 is 0 Å². The molecule has 1 saturated heterocycles. The van der Waals surface area contributed by atoms with Crippen LogP contribution in [0.4, 0.5) is 13.2 Å². The van der Waals surface area contributed by atoms with Crippen LogP contribution in [-0.4, -0.2) is 29.4 Å². The van der Waals surface area contributed by atoms with Crippen LogP contribution in [0.2, 0.25) is 0 Å². The number of aromatic nitrogens is 2. The molecule has 2 aromatic rings. The summed E-state index contributed by atoms with van der Waals surface area (Å²) in [5.74, 6) is -0.217. The molecule has 0 radical (unpaired) electrons. The molecule has 1 aliphatic rings. The monoisotopic (exact) mass is 361 g/mol. The fraction of sp³-hybridized carbons (Fsp3) is 0.385. The van der Waals surface area contributed by atoms with Gasteiger partial charge in [-0.2, -0.15) is 18.2 Å². The molecule has 21 heavy (non-hydrogen) atoms. The molecule has 1 aliphatic heterocycles. The molecule has 0 spiro atoms. The molecule has 2 heterocycles. The summed E-state index contributed by atoms with van der Waals surface area (Å²) in [5, 5.41) is 6.41. The fourth-order valence-corrected chi connectivity index (χ4v) is 2.64. The Morgan fingerprint density at radius 1 is 1.24 bits per heavy atom. The van der Waals surface area contributed by atoms with Gasteiger partial charge in [-0.15, -0.1) is 0 Å². The van der Waals surface area contributed by atoms with Crippen molar-refractivity contribution in [2.24, 2.45) is 0 Å². The highest BCUT2D eigenvalue weighted by Crippen LogP contribution is 2.45. The molecule has 0 aliphatic carbocycles. The highest BCUT2D eigenvalue weighted by atomic mass is 79.9. The minimum Gasteiger partial charge on any atom is -0.338 e. The van der Waals surface area contributed by atoms with Crippen LogP contribution in [0.1, 0.15) is 12.3 Å². The van der Waals surface area contributed by atoms with E-state index in [0.29, 0.717) is 5.56 Å². The summed E-state index contributed by atoms with van der Waals surface area (Å²) in [4.78, 5) is 3.98. The molecule has 0 saturated carbocycles. The topological polar surface area (TPSA) is 51.0 Å². The maximum Gasteiger partial charge on any atom is 0.404 e. The molecular formula is C13H11BrF3N3O. The summed E-state index contributed by atoms with van der Waals surface area (Å²) >= 11 is 3.29. The first-order valence-corrected chi connectivity index (χ1v) is 7.09. The van der Waals surface area contributed by atoms with Gasteiger partial charge in [0, 0.05) is 16.6 Å². The molecule has 1 N–H and O–H groups in total. The Balaban J connectivity index is 1.99. The van der Waals surface area contributed by atoms with Gasteiger partial charge in [0.05, 0.1) is 0 Å². The molecule has 1 unspecified atom stereocenters. The first kappa shape index (κ1) is 14.5. The van der Waals surface area contributed by atoms with Crippen LogP contribution in [-0.2, 0) is 5.41 Å². The van der Waals surface area contributed by atoms with E-state index in [1.807, 2.05) is 0 Å². The van der Waals surface area contributed by atoms with Crippen molar-refractivity contribution in [2.75, 3.05) is 13.1 Å². The third-order valence-corrected chi connectivity index (χ3v) is 4.16. The van der Waals surface area contributed by atoms with E-state index < -0.39 is 11.6 Å². The average molecular weight is 362 g/mol. The van der Waals surface area contributed by atoms with E-state index in [2.05, 4.69) is 31.4 Å². The molecule has 8 heteroatoms. The van der Waals surface area contributed by atoms with Crippen molar-refractivity contribution in [1.29, 1.82) is 0 Å². The van der Waals surface area contributed by atoms with Crippen molar-refractivity contribution in [3.8, 4) is 11.4 Å². The summed E-state index contributed by atoms with van der Waals surface area (Å²) in [7, 11) is 0. The summed E-state index contributed by atoms with van der Waals surface area (Å²) in [6, 6.07) is 6.96. The molecule has 1 fully saturated rings. The summed E-state index contributed by atoms with van der Waals surface area (Å²) in [5.41, 5.74) is -1.48. The number of benzene rings is 1. The molecule has 1 aromatic carbocycles. The maximum absolute atomic E-state index is 13.4. The van der Waals surface area contributed by atoms with Crippen LogP contribution in [0.3, 0.4) is 0 Å². The average Bonchev–Trinajstić information content (AvgIpc) is 3.08. The fourth-order valence-electron chi connectivity index (χ4n) is 2.37. The molecule has 3 rings (SSSR count). The standard InChI is InChI=1S/C13H11BrF3N3O/c14-9-3-1-8(2-4-9)10-19-11(21-20-10)12(13(15,16)17)5-6-18-7-12/h1-4,18H,5-7H2. The lowest BCUT2D eigenvalue weighted by molar-refractivity contribution is -0.191. The number of hydrogen-bond acceptors (Lipinski definition) is 4. The zero-order valence-electron chi connectivity index (χ0n) is 10.7. The zero-order valence-corrected chi connectivity index (χ0v) is 12.3. The van der Waals surface area contributed by atoms with Gasteiger partial charge in [0.25, 0.3) is 0 Å². The predicted octanol–water partition coefficient (Wildman–Crippen LogP) is 3.29. The summed E-state index contributed by atoms with van der Waals surface area (Å²) in [6.07, 6.45) is -4.53. The van der Waals surface area contributed by atoms with Crippen LogP contribution in [0.5, 0.6) is 0 Å². The Hall–Kier alpha value is -1.41. The van der Waals surface area contributed by atoms with Crippen molar-refractivity contribution in [3.63, 3.8) is 0 Å². The number of halogens is 4. The number of nitrogens with one attached hydrogen (secondary N) is 1. The molecule has 0 amide bonds. The van der Waals surface area contributed by atoms with E-state index in [0.717, 1.165) is 4.47 Å². The van der Waals surface area contributed by atoms with Crippen molar-refractivity contribution in [1.82, 2.24) is 15.5 Å². The number of hydrogen-bond donors (Lipinski definition) is 1. The maximum atomic E-state index is 13.4. The molecule has 4 nitrogen and oxygen atoms in total. The third-order valence-electron chi connectivity index (χ3n) is 3.64. The Kier molecular flexibility index (Phi) is 3.53. The van der Waals surface area contributed by atoms with Gasteiger partial charge in [0.2, 0.25) is 11.7 Å². The van der Waals surface area contributed by atoms with Gasteiger partial charge >= 0.3 is 6.18 Å². The minimum absolute atomic E-state index is 0.0987. The van der Waals surface area contributed by atoms with Gasteiger partial charge in [-0.05, 0) is 37.2 Å². The van der Waals surface area contributed by atoms with Crippen LogP contribution < -0.4 is 5.32 Å². The van der Waals surface area contributed by atoms with E-state index in [1.54, 1.807) is 24.3 Å². The van der Waals surface area contributed by atoms with E-state index in [1.165, 1.54) is 0 Å². The molecule has 0 bridgehead atoms. The minimum atomic E-state index is -4.43. The lowest BCUT2D eigenvalue weighted by Gasteiger charge is -2.26. The molecular weight excluding hydrogens is 351 g/mol. The molecule has 1 aromatic heterocycles. The lowest BCUT2D eigenvalue weighted by Crippen LogP contribution is -2.44. The third kappa shape index (κ3) is 2.46. The van der Waals surface area contributed by atoms with Crippen molar-refractivity contribution >= 4 is 15.9 Å². The lowest BCUT2D eigenvalue weighted by atomic mass is 9.86. The van der Waals surface area contributed by atoms with Gasteiger partial charge in [-0.1, -0.05) is 21.1 Å². The van der Waals surface area contributed by atoms with Gasteiger partial charge in [-0.25, -0.2) is 0 Å². The van der Waals surface area contributed by atoms with Gasteiger partial charge < -0.3 is 9.84 Å². The first-order valence-electron chi connectivity index (χ1n) is 6.30. The second kappa shape index (κ2) is 5.10. The SMILES string of the molecule is FC(F)(F)C1(c2nc(-c3ccc(Br)cc3)no2)CCNC1. The van der Waals surface area contributed by atoms with Gasteiger partial charge in [-0.3, -0.25) is 0 Å². The summed E-state index contributed by atoms with van der Waals surface area (Å²) < 4.78 is 46.0. The van der Waals surface area contributed by atoms with Crippen molar-refractivity contribution < 1.29 is 17.7 Å². The molecule has 1 atom stereocenters. The largest absolute Gasteiger partial charge is 0.404 e. The summed E-state index contributed by atoms with van der Waals surface area (Å²) in [6.45, 7) is 0.0357. The highest BCUT2D eigenvalue weighted by molar-refractivity contribution is 9.10. The van der Waals surface area contributed by atoms with Crippen molar-refractivity contribution in [3.05, 3.63) is 34.6 Å². The van der Waals surface area contributed by atoms with Gasteiger partial charge in [0.15, 0.2) is 5.41 Å². The molecule has 112 valence electrons. The van der Waals surface area contributed by atoms with Crippen LogP contribution in [0.25, 0.3) is 11.4 Å². The van der Waals surface area contributed by atoms with Crippen LogP contribution >= 0.6 is 15.9 Å². The first-order chi connectivity index (χ1) is 9.92. The van der Waals surface area contributed by atoms with E-state index in [4.69, 9.17) is 4.52 Å². The van der Waals surface area contributed by atoms with Gasteiger partial charge in [0.1, 0.15) is 0 Å². The van der Waals surface area contributed by atoms with Crippen molar-refractivity contribution in [2.45, 2.75) is 18.0 Å². The predicted molar refractivity (Wildman–Crippen MR) is 72.7 cm³/mol. The number of nitrogens with zero attached hydrogens (tertiary/aromatic N) is 2. The van der Waals surface area contributed by atoms with Crippen LogP contribution in [0.15, 0.2) is 33.3 Å². The smallest absolute Gasteiger partial charge is 0.338 e. The Morgan fingerprint density at radius 3 is 2.52 bits per heavy atom. The quantitative estimate of drug-likeness (QED) is 0.891. The normalized spacial score (nSPS) is 22.7. The Morgan fingerprint density at radius 2 is 1.95 bits per heavy atom. The Labute approximate surface area is 126 Å². The number of rotatable bonds is 2. The van der Waals surface area contributed by atoms with E-state index in [9.17, 15) is 13.2 Å². The second-order valence-electron chi connectivity index (χ2n) is 4.94. The second-order valence-corrected chi connectivity index (χ2v) is 5.85. The van der Waals surface area contributed by atoms with E-state index in [-0.39, 0.29) is 31.2 Å². The highest BCUT2D eigenvalue weighted by Gasteiger charge is 2.61. The zero-order chi connectivity index (χ0) is 15.1.